The number of fused-ring (bicyclic) bond motifs is 3. The lowest BCUT2D eigenvalue weighted by Gasteiger charge is -1.96. The molecule has 3 heterocycles. The van der Waals surface area contributed by atoms with Gasteiger partial charge in [-0.3, -0.25) is 0 Å². The Labute approximate surface area is 117 Å². The molecule has 0 spiro atoms. The highest BCUT2D eigenvalue weighted by molar-refractivity contribution is 6.31. The highest BCUT2D eigenvalue weighted by Gasteiger charge is 2.19. The summed E-state index contributed by atoms with van der Waals surface area (Å²) >= 11 is 6.04. The average Bonchev–Trinajstić information content (AvgIpc) is 3.08. The third-order valence-electron chi connectivity index (χ3n) is 3.07. The van der Waals surface area contributed by atoms with Crippen molar-refractivity contribution in [2.45, 2.75) is 0 Å². The third kappa shape index (κ3) is 1.55. The Kier molecular flexibility index (Phi) is 2.22. The summed E-state index contributed by atoms with van der Waals surface area (Å²) < 4.78 is 6.94. The largest absolute Gasteiger partial charge is 0.460 e. The highest BCUT2D eigenvalue weighted by atomic mass is 35.5. The van der Waals surface area contributed by atoms with Gasteiger partial charge in [0.25, 0.3) is 11.5 Å². The SMILES string of the molecule is Nc1nc2ccc(Cl)cc2c2nc(-c3ccco3)[nH][n+]12. The number of halogens is 1. The molecule has 0 radical (unpaired) electrons. The molecule has 0 aliphatic heterocycles. The molecule has 20 heavy (non-hydrogen) atoms. The van der Waals surface area contributed by atoms with E-state index in [0.717, 1.165) is 10.9 Å². The summed E-state index contributed by atoms with van der Waals surface area (Å²) in [6.45, 7) is 0. The van der Waals surface area contributed by atoms with Crippen LogP contribution in [0.25, 0.3) is 28.1 Å². The maximum absolute atomic E-state index is 6.04. The van der Waals surface area contributed by atoms with Crippen LogP contribution in [0, 0.1) is 0 Å². The number of nitrogens with zero attached hydrogens (tertiary/aromatic N) is 3. The van der Waals surface area contributed by atoms with Gasteiger partial charge in [0.15, 0.2) is 5.76 Å². The van der Waals surface area contributed by atoms with E-state index in [2.05, 4.69) is 15.1 Å². The van der Waals surface area contributed by atoms with Gasteiger partial charge in [-0.1, -0.05) is 11.6 Å². The van der Waals surface area contributed by atoms with Crippen molar-refractivity contribution in [3.05, 3.63) is 41.6 Å². The second-order valence-electron chi connectivity index (χ2n) is 4.34. The van der Waals surface area contributed by atoms with Gasteiger partial charge in [0.1, 0.15) is 5.52 Å². The first-order valence-corrected chi connectivity index (χ1v) is 6.30. The minimum Gasteiger partial charge on any atom is -0.460 e. The molecule has 0 atom stereocenters. The van der Waals surface area contributed by atoms with Crippen LogP contribution in [0.2, 0.25) is 5.02 Å². The summed E-state index contributed by atoms with van der Waals surface area (Å²) in [5.74, 6) is 1.53. The summed E-state index contributed by atoms with van der Waals surface area (Å²) in [5, 5.41) is 4.50. The van der Waals surface area contributed by atoms with Gasteiger partial charge in [-0.25, -0.2) is 5.10 Å². The van der Waals surface area contributed by atoms with E-state index < -0.39 is 0 Å². The van der Waals surface area contributed by atoms with E-state index in [1.54, 1.807) is 22.9 Å². The van der Waals surface area contributed by atoms with Crippen molar-refractivity contribution < 1.29 is 8.93 Å². The van der Waals surface area contributed by atoms with Gasteiger partial charge in [0.05, 0.1) is 11.6 Å². The predicted octanol–water partition coefficient (Wildman–Crippen LogP) is 2.19. The van der Waals surface area contributed by atoms with Crippen molar-refractivity contribution in [3.8, 4) is 11.6 Å². The standard InChI is InChI=1S/C13H8ClN5O/c14-7-3-4-9-8(6-7)12-17-11(10-2-1-5-20-10)18-19(12)13(15)16-9/h1-6H,(H2,15,16,17,18)/p+1. The van der Waals surface area contributed by atoms with Crippen molar-refractivity contribution in [3.63, 3.8) is 0 Å². The van der Waals surface area contributed by atoms with Crippen LogP contribution >= 0.6 is 11.6 Å². The first kappa shape index (κ1) is 11.2. The predicted molar refractivity (Wildman–Crippen MR) is 74.2 cm³/mol. The van der Waals surface area contributed by atoms with E-state index in [0.29, 0.717) is 28.2 Å². The fourth-order valence-electron chi connectivity index (χ4n) is 2.17. The molecule has 6 nitrogen and oxygen atoms in total. The Morgan fingerprint density at radius 3 is 2.95 bits per heavy atom. The van der Waals surface area contributed by atoms with Crippen molar-refractivity contribution in [2.75, 3.05) is 5.73 Å². The number of anilines is 1. The number of nitrogens with one attached hydrogen (secondary N) is 1. The minimum absolute atomic E-state index is 0.320. The zero-order valence-corrected chi connectivity index (χ0v) is 10.9. The first-order valence-electron chi connectivity index (χ1n) is 5.93. The van der Waals surface area contributed by atoms with Crippen LogP contribution in [0.3, 0.4) is 0 Å². The molecule has 7 heteroatoms. The first-order chi connectivity index (χ1) is 9.72. The quantitative estimate of drug-likeness (QED) is 0.525. The van der Waals surface area contributed by atoms with Crippen LogP contribution in [-0.2, 0) is 0 Å². The van der Waals surface area contributed by atoms with Crippen LogP contribution in [-0.4, -0.2) is 15.1 Å². The lowest BCUT2D eigenvalue weighted by molar-refractivity contribution is -0.562. The van der Waals surface area contributed by atoms with E-state index in [4.69, 9.17) is 21.8 Å². The van der Waals surface area contributed by atoms with Crippen LogP contribution in [0.15, 0.2) is 41.0 Å². The zero-order valence-electron chi connectivity index (χ0n) is 10.2. The molecule has 1 aromatic carbocycles. The monoisotopic (exact) mass is 286 g/mol. The number of aromatic amines is 1. The second kappa shape index (κ2) is 3.94. The maximum atomic E-state index is 6.04. The van der Waals surface area contributed by atoms with Crippen molar-refractivity contribution >= 4 is 34.1 Å². The molecule has 3 N–H and O–H groups in total. The van der Waals surface area contributed by atoms with Gasteiger partial charge in [0, 0.05) is 5.02 Å². The van der Waals surface area contributed by atoms with E-state index in [-0.39, 0.29) is 0 Å². The van der Waals surface area contributed by atoms with E-state index in [1.165, 1.54) is 0 Å². The molecule has 0 aliphatic carbocycles. The number of nitrogen functional groups attached to an aromatic ring is 1. The lowest BCUT2D eigenvalue weighted by Crippen LogP contribution is -2.29. The molecule has 0 saturated carbocycles. The zero-order chi connectivity index (χ0) is 13.7. The smallest absolute Gasteiger partial charge is 0.367 e. The Morgan fingerprint density at radius 2 is 2.15 bits per heavy atom. The molecule has 0 unspecified atom stereocenters. The fraction of sp³-hybridized carbons (Fsp3) is 0. The van der Waals surface area contributed by atoms with Gasteiger partial charge in [-0.2, -0.15) is 0 Å². The van der Waals surface area contributed by atoms with E-state index in [1.807, 2.05) is 18.2 Å². The number of aromatic nitrogens is 4. The molecule has 0 bridgehead atoms. The van der Waals surface area contributed by atoms with Crippen LogP contribution < -0.4 is 10.2 Å². The van der Waals surface area contributed by atoms with Crippen LogP contribution in [0.5, 0.6) is 0 Å². The Hall–Kier alpha value is -2.60. The second-order valence-corrected chi connectivity index (χ2v) is 4.78. The molecule has 3 aromatic heterocycles. The molecular formula is C13H9ClN5O+. The summed E-state index contributed by atoms with van der Waals surface area (Å²) in [5.41, 5.74) is 7.34. The molecule has 4 aromatic rings. The molecule has 0 saturated heterocycles. The molecule has 0 aliphatic rings. The fourth-order valence-corrected chi connectivity index (χ4v) is 2.34. The summed E-state index contributed by atoms with van der Waals surface area (Å²) in [4.78, 5) is 8.84. The van der Waals surface area contributed by atoms with Crippen molar-refractivity contribution in [2.24, 2.45) is 0 Å². The number of furan rings is 1. The third-order valence-corrected chi connectivity index (χ3v) is 3.30. The van der Waals surface area contributed by atoms with Gasteiger partial charge in [-0.15, -0.1) is 14.5 Å². The Bertz CT molecular complexity index is 929. The number of hydrogen-bond donors (Lipinski definition) is 2. The summed E-state index contributed by atoms with van der Waals surface area (Å²) in [6.07, 6.45) is 1.59. The molecule has 4 rings (SSSR count). The molecule has 0 amide bonds. The summed E-state index contributed by atoms with van der Waals surface area (Å²) in [7, 11) is 0. The van der Waals surface area contributed by atoms with Gasteiger partial charge in [0.2, 0.25) is 0 Å². The van der Waals surface area contributed by atoms with Crippen LogP contribution in [0.4, 0.5) is 5.95 Å². The number of H-pyrrole nitrogens is 1. The molecular weight excluding hydrogens is 278 g/mol. The maximum Gasteiger partial charge on any atom is 0.367 e. The van der Waals surface area contributed by atoms with Gasteiger partial charge >= 0.3 is 5.95 Å². The average molecular weight is 287 g/mol. The lowest BCUT2D eigenvalue weighted by atomic mass is 10.2. The number of benzene rings is 1. The Morgan fingerprint density at radius 1 is 1.25 bits per heavy atom. The highest BCUT2D eigenvalue weighted by Crippen LogP contribution is 2.22. The molecule has 98 valence electrons. The van der Waals surface area contributed by atoms with Crippen LogP contribution in [0.1, 0.15) is 0 Å². The normalized spacial score (nSPS) is 11.4. The van der Waals surface area contributed by atoms with Crippen molar-refractivity contribution in [1.82, 2.24) is 15.1 Å². The molecule has 0 fully saturated rings. The summed E-state index contributed by atoms with van der Waals surface area (Å²) in [6, 6.07) is 9.01. The number of hydrogen-bond acceptors (Lipinski definition) is 4. The minimum atomic E-state index is 0.320. The number of rotatable bonds is 1. The van der Waals surface area contributed by atoms with Gasteiger partial charge < -0.3 is 10.2 Å². The van der Waals surface area contributed by atoms with Gasteiger partial charge in [-0.05, 0) is 30.3 Å². The van der Waals surface area contributed by atoms with Crippen molar-refractivity contribution in [1.29, 1.82) is 0 Å². The van der Waals surface area contributed by atoms with E-state index in [9.17, 15) is 0 Å². The Balaban J connectivity index is 2.12. The number of nitrogens with two attached hydrogens (primary N) is 1. The topological polar surface area (TPSA) is 84.8 Å². The van der Waals surface area contributed by atoms with E-state index >= 15 is 0 Å².